The van der Waals surface area contributed by atoms with Crippen LogP contribution in [0.15, 0.2) is 30.7 Å². The fraction of sp³-hybridized carbons (Fsp3) is 0.455. The van der Waals surface area contributed by atoms with E-state index in [4.69, 9.17) is 14.8 Å². The van der Waals surface area contributed by atoms with Gasteiger partial charge in [0, 0.05) is 38.1 Å². The average Bonchev–Trinajstić information content (AvgIpc) is 3.33. The summed E-state index contributed by atoms with van der Waals surface area (Å²) < 4.78 is 4.73. The molecule has 0 N–H and O–H groups in total. The summed E-state index contributed by atoms with van der Waals surface area (Å²) in [5.74, 6) is -0.152. The molecule has 2 saturated heterocycles. The number of nitriles is 1. The van der Waals surface area contributed by atoms with Gasteiger partial charge in [0.05, 0.1) is 30.7 Å². The first kappa shape index (κ1) is 21.6. The summed E-state index contributed by atoms with van der Waals surface area (Å²) in [4.78, 5) is 45.6. The van der Waals surface area contributed by atoms with Crippen molar-refractivity contribution in [2.45, 2.75) is 32.2 Å². The highest BCUT2D eigenvalue weighted by molar-refractivity contribution is 5.87. The Balaban J connectivity index is 1.46. The van der Waals surface area contributed by atoms with Crippen LogP contribution in [0.1, 0.15) is 53.8 Å². The third-order valence-corrected chi connectivity index (χ3v) is 6.08. The maximum absolute atomic E-state index is 13.5. The number of esters is 1. The van der Waals surface area contributed by atoms with Crippen molar-refractivity contribution in [3.63, 3.8) is 0 Å². The van der Waals surface area contributed by atoms with E-state index in [9.17, 15) is 9.59 Å². The third kappa shape index (κ3) is 4.11. The standard InChI is InChI=1S/C22H24N6O4/c1-22(5-8-27(9-6-22)21-25-7-3-17(26-21)19(29)31-2)20(30)28-18(4-10-32-28)16-11-15(12-23)13-24-14-16/h3,7,11,13-14,18H,4-6,8-10H2,1-2H3/t18-/m0/s1. The molecule has 2 aromatic heterocycles. The summed E-state index contributed by atoms with van der Waals surface area (Å²) in [6.45, 7) is 3.51. The Morgan fingerprint density at radius 3 is 2.81 bits per heavy atom. The van der Waals surface area contributed by atoms with Crippen LogP contribution in [0.4, 0.5) is 5.95 Å². The summed E-state index contributed by atoms with van der Waals surface area (Å²) in [5.41, 5.74) is 0.835. The van der Waals surface area contributed by atoms with Gasteiger partial charge in [-0.25, -0.2) is 19.8 Å². The van der Waals surface area contributed by atoms with Crippen molar-refractivity contribution in [3.8, 4) is 6.07 Å². The number of piperidine rings is 1. The fourth-order valence-electron chi connectivity index (χ4n) is 4.07. The lowest BCUT2D eigenvalue weighted by molar-refractivity contribution is -0.189. The van der Waals surface area contributed by atoms with Gasteiger partial charge in [-0.1, -0.05) is 6.92 Å². The van der Waals surface area contributed by atoms with Crippen molar-refractivity contribution >= 4 is 17.8 Å². The number of pyridine rings is 1. The molecule has 2 aliphatic heterocycles. The van der Waals surface area contributed by atoms with Crippen LogP contribution in [0, 0.1) is 16.7 Å². The molecule has 4 heterocycles. The fourth-order valence-corrected chi connectivity index (χ4v) is 4.07. The molecule has 0 unspecified atom stereocenters. The van der Waals surface area contributed by atoms with E-state index in [0.717, 1.165) is 5.56 Å². The van der Waals surface area contributed by atoms with Crippen molar-refractivity contribution in [2.24, 2.45) is 5.41 Å². The Kier molecular flexibility index (Phi) is 6.01. The number of methoxy groups -OCH3 is 1. The van der Waals surface area contributed by atoms with Crippen molar-refractivity contribution in [1.82, 2.24) is 20.0 Å². The predicted octanol–water partition coefficient (Wildman–Crippen LogP) is 2.04. The Morgan fingerprint density at radius 1 is 1.31 bits per heavy atom. The van der Waals surface area contributed by atoms with E-state index in [0.29, 0.717) is 50.5 Å². The molecule has 0 aliphatic carbocycles. The molecule has 10 nitrogen and oxygen atoms in total. The number of hydrogen-bond donors (Lipinski definition) is 0. The maximum Gasteiger partial charge on any atom is 0.356 e. The van der Waals surface area contributed by atoms with Gasteiger partial charge in [0.25, 0.3) is 5.91 Å². The van der Waals surface area contributed by atoms with Crippen LogP contribution in [-0.4, -0.2) is 58.7 Å². The molecule has 2 fully saturated rings. The van der Waals surface area contributed by atoms with Crippen LogP contribution in [0.2, 0.25) is 0 Å². The molecule has 0 radical (unpaired) electrons. The first-order valence-electron chi connectivity index (χ1n) is 10.4. The zero-order valence-corrected chi connectivity index (χ0v) is 18.0. The van der Waals surface area contributed by atoms with Crippen LogP contribution < -0.4 is 4.90 Å². The second-order valence-electron chi connectivity index (χ2n) is 8.17. The molecule has 0 saturated carbocycles. The van der Waals surface area contributed by atoms with Gasteiger partial charge >= 0.3 is 5.97 Å². The summed E-state index contributed by atoms with van der Waals surface area (Å²) in [6, 6.07) is 5.08. The second-order valence-corrected chi connectivity index (χ2v) is 8.17. The molecule has 4 rings (SSSR count). The first-order valence-corrected chi connectivity index (χ1v) is 10.4. The molecule has 32 heavy (non-hydrogen) atoms. The number of aromatic nitrogens is 3. The third-order valence-electron chi connectivity index (χ3n) is 6.08. The van der Waals surface area contributed by atoms with Gasteiger partial charge in [-0.3, -0.25) is 14.6 Å². The lowest BCUT2D eigenvalue weighted by atomic mass is 9.79. The van der Waals surface area contributed by atoms with Crippen LogP contribution >= 0.6 is 0 Å². The monoisotopic (exact) mass is 436 g/mol. The minimum Gasteiger partial charge on any atom is -0.464 e. The Labute approximate surface area is 185 Å². The van der Waals surface area contributed by atoms with Crippen LogP contribution in [0.3, 0.4) is 0 Å². The van der Waals surface area contributed by atoms with Gasteiger partial charge in [-0.2, -0.15) is 5.26 Å². The van der Waals surface area contributed by atoms with Gasteiger partial charge < -0.3 is 9.64 Å². The highest BCUT2D eigenvalue weighted by Crippen LogP contribution is 2.39. The highest BCUT2D eigenvalue weighted by Gasteiger charge is 2.44. The van der Waals surface area contributed by atoms with Gasteiger partial charge in [-0.05, 0) is 30.5 Å². The van der Waals surface area contributed by atoms with Crippen molar-refractivity contribution in [3.05, 3.63) is 47.5 Å². The summed E-state index contributed by atoms with van der Waals surface area (Å²) in [5, 5.41) is 10.6. The number of rotatable bonds is 4. The second kappa shape index (κ2) is 8.88. The largest absolute Gasteiger partial charge is 0.464 e. The minimum atomic E-state index is -0.612. The summed E-state index contributed by atoms with van der Waals surface area (Å²) in [6.07, 6.45) is 6.52. The SMILES string of the molecule is COC(=O)c1ccnc(N2CCC(C)(C(=O)N3OCC[C@H]3c3cncc(C#N)c3)CC2)n1. The normalized spacial score (nSPS) is 20.0. The zero-order valence-electron chi connectivity index (χ0n) is 18.0. The van der Waals surface area contributed by atoms with Gasteiger partial charge in [0.2, 0.25) is 5.95 Å². The zero-order chi connectivity index (χ0) is 22.7. The molecule has 0 aromatic carbocycles. The molecule has 1 atom stereocenters. The quantitative estimate of drug-likeness (QED) is 0.663. The number of hydrogen-bond acceptors (Lipinski definition) is 9. The number of anilines is 1. The van der Waals surface area contributed by atoms with Gasteiger partial charge in [0.1, 0.15) is 6.07 Å². The molecular formula is C22H24N6O4. The van der Waals surface area contributed by atoms with Crippen molar-refractivity contribution in [1.29, 1.82) is 5.26 Å². The lowest BCUT2D eigenvalue weighted by Crippen LogP contribution is -2.48. The molecule has 10 heteroatoms. The number of amides is 1. The Morgan fingerprint density at radius 2 is 2.09 bits per heavy atom. The lowest BCUT2D eigenvalue weighted by Gasteiger charge is -2.40. The number of ether oxygens (including phenoxy) is 1. The van der Waals surface area contributed by atoms with Crippen LogP contribution in [-0.2, 0) is 14.4 Å². The summed E-state index contributed by atoms with van der Waals surface area (Å²) >= 11 is 0. The van der Waals surface area contributed by atoms with Crippen LogP contribution in [0.5, 0.6) is 0 Å². The Bertz CT molecular complexity index is 1060. The first-order chi connectivity index (χ1) is 15.4. The van der Waals surface area contributed by atoms with E-state index in [1.54, 1.807) is 12.3 Å². The molecule has 0 spiro atoms. The van der Waals surface area contributed by atoms with E-state index in [2.05, 4.69) is 21.0 Å². The summed E-state index contributed by atoms with van der Waals surface area (Å²) in [7, 11) is 1.31. The van der Waals surface area contributed by atoms with E-state index in [1.807, 2.05) is 11.8 Å². The van der Waals surface area contributed by atoms with E-state index < -0.39 is 11.4 Å². The molecule has 1 amide bonds. The molecule has 2 aromatic rings. The average molecular weight is 436 g/mol. The topological polar surface area (TPSA) is 122 Å². The predicted molar refractivity (Wildman–Crippen MR) is 112 cm³/mol. The van der Waals surface area contributed by atoms with E-state index >= 15 is 0 Å². The number of hydroxylamine groups is 2. The molecular weight excluding hydrogens is 412 g/mol. The molecule has 0 bridgehead atoms. The number of carbonyl (C=O) groups excluding carboxylic acids is 2. The number of nitrogens with zero attached hydrogens (tertiary/aromatic N) is 6. The van der Waals surface area contributed by atoms with E-state index in [1.165, 1.54) is 30.6 Å². The van der Waals surface area contributed by atoms with Gasteiger partial charge in [-0.15, -0.1) is 0 Å². The number of carbonyl (C=O) groups is 2. The smallest absolute Gasteiger partial charge is 0.356 e. The maximum atomic E-state index is 13.5. The molecule has 2 aliphatic rings. The van der Waals surface area contributed by atoms with E-state index in [-0.39, 0.29) is 17.6 Å². The van der Waals surface area contributed by atoms with Gasteiger partial charge in [0.15, 0.2) is 5.69 Å². The van der Waals surface area contributed by atoms with Crippen molar-refractivity contribution < 1.29 is 19.2 Å². The highest BCUT2D eigenvalue weighted by atomic mass is 16.7. The van der Waals surface area contributed by atoms with Crippen LogP contribution in [0.25, 0.3) is 0 Å². The molecule has 166 valence electrons. The minimum absolute atomic E-state index is 0.0776. The Hall–Kier alpha value is -3.58. The van der Waals surface area contributed by atoms with Crippen molar-refractivity contribution in [2.75, 3.05) is 31.7 Å².